The molecule has 1 atom stereocenters. The van der Waals surface area contributed by atoms with Crippen LogP contribution in [0.1, 0.15) is 21.5 Å². The van der Waals surface area contributed by atoms with Gasteiger partial charge in [-0.3, -0.25) is 4.79 Å². The third-order valence-electron chi connectivity index (χ3n) is 5.28. The molecule has 0 fully saturated rings. The summed E-state index contributed by atoms with van der Waals surface area (Å²) in [5.41, 5.74) is 7.25. The summed E-state index contributed by atoms with van der Waals surface area (Å²) in [6, 6.07) is 17.6. The largest absolute Gasteiger partial charge is 0.481 e. The highest BCUT2D eigenvalue weighted by Gasteiger charge is 2.42. The Morgan fingerprint density at radius 3 is 2.59 bits per heavy atom. The Morgan fingerprint density at radius 2 is 1.90 bits per heavy atom. The first-order valence-electron chi connectivity index (χ1n) is 9.26. The van der Waals surface area contributed by atoms with Gasteiger partial charge in [0.2, 0.25) is 5.91 Å². The van der Waals surface area contributed by atoms with E-state index in [4.69, 9.17) is 22.1 Å². The van der Waals surface area contributed by atoms with Gasteiger partial charge in [0.05, 0.1) is 0 Å². The van der Waals surface area contributed by atoms with Crippen LogP contribution < -0.4 is 15.8 Å². The van der Waals surface area contributed by atoms with Gasteiger partial charge in [-0.2, -0.15) is 0 Å². The number of nitrogens with two attached hydrogens (primary N) is 1. The third-order valence-corrected chi connectivity index (χ3v) is 5.59. The zero-order valence-corrected chi connectivity index (χ0v) is 16.6. The predicted octanol–water partition coefficient (Wildman–Crippen LogP) is 4.29. The maximum Gasteiger partial charge on any atom is 0.249 e. The number of fused-ring (bicyclic) bond motifs is 1. The average Bonchev–Trinajstić information content (AvgIpc) is 3.09. The molecule has 0 spiro atoms. The van der Waals surface area contributed by atoms with Gasteiger partial charge < -0.3 is 15.8 Å². The summed E-state index contributed by atoms with van der Waals surface area (Å²) in [6.45, 7) is 0.544. The Kier molecular flexibility index (Phi) is 5.03. The van der Waals surface area contributed by atoms with E-state index in [9.17, 15) is 9.18 Å². The fraction of sp³-hybridized carbons (Fsp3) is 0.174. The van der Waals surface area contributed by atoms with Gasteiger partial charge in [0, 0.05) is 40.2 Å². The minimum atomic E-state index is -0.711. The van der Waals surface area contributed by atoms with Crippen molar-refractivity contribution in [3.05, 3.63) is 88.2 Å². The number of nitrogens with one attached hydrogen (secondary N) is 1. The summed E-state index contributed by atoms with van der Waals surface area (Å²) in [5.74, 6) is -0.652. The molecule has 0 radical (unpaired) electrons. The average molecular weight is 411 g/mol. The van der Waals surface area contributed by atoms with E-state index in [-0.39, 0.29) is 11.1 Å². The second-order valence-corrected chi connectivity index (χ2v) is 7.50. The molecule has 29 heavy (non-hydrogen) atoms. The van der Waals surface area contributed by atoms with Gasteiger partial charge in [0.15, 0.2) is 5.60 Å². The Hall–Kier alpha value is -2.89. The van der Waals surface area contributed by atoms with Crippen molar-refractivity contribution >= 4 is 17.5 Å². The van der Waals surface area contributed by atoms with E-state index in [1.54, 1.807) is 12.1 Å². The van der Waals surface area contributed by atoms with Crippen molar-refractivity contribution < 1.29 is 13.9 Å². The van der Waals surface area contributed by atoms with Crippen molar-refractivity contribution in [2.24, 2.45) is 5.73 Å². The lowest BCUT2D eigenvalue weighted by Gasteiger charge is -2.29. The summed E-state index contributed by atoms with van der Waals surface area (Å²) >= 11 is 6.52. The lowest BCUT2D eigenvalue weighted by Crippen LogP contribution is -2.41. The lowest BCUT2D eigenvalue weighted by molar-refractivity contribution is 0.0943. The number of carbonyl (C=O) groups is 1. The van der Waals surface area contributed by atoms with Gasteiger partial charge in [-0.05, 0) is 36.9 Å². The zero-order valence-electron chi connectivity index (χ0n) is 15.8. The number of ether oxygens (including phenoxy) is 1. The van der Waals surface area contributed by atoms with E-state index < -0.39 is 17.3 Å². The predicted molar refractivity (Wildman–Crippen MR) is 112 cm³/mol. The Morgan fingerprint density at radius 1 is 1.14 bits per heavy atom. The number of hydrogen-bond donors (Lipinski definition) is 2. The second-order valence-electron chi connectivity index (χ2n) is 7.10. The van der Waals surface area contributed by atoms with Gasteiger partial charge in [-0.15, -0.1) is 0 Å². The Labute approximate surface area is 173 Å². The van der Waals surface area contributed by atoms with Gasteiger partial charge >= 0.3 is 0 Å². The number of amides is 1. The lowest BCUT2D eigenvalue weighted by atomic mass is 9.85. The second kappa shape index (κ2) is 7.50. The summed E-state index contributed by atoms with van der Waals surface area (Å²) in [5, 5.41) is 3.53. The van der Waals surface area contributed by atoms with Crippen LogP contribution in [0.15, 0.2) is 60.7 Å². The van der Waals surface area contributed by atoms with Crippen molar-refractivity contribution in [1.29, 1.82) is 0 Å². The molecule has 0 bridgehead atoms. The molecule has 3 aromatic carbocycles. The van der Waals surface area contributed by atoms with Crippen LogP contribution in [-0.2, 0) is 12.0 Å². The van der Waals surface area contributed by atoms with Crippen molar-refractivity contribution in [2.75, 3.05) is 13.6 Å². The molecule has 4 nitrogen and oxygen atoms in total. The zero-order chi connectivity index (χ0) is 20.6. The number of benzene rings is 3. The molecular weight excluding hydrogens is 391 g/mol. The van der Waals surface area contributed by atoms with Crippen LogP contribution in [0.2, 0.25) is 5.02 Å². The molecule has 0 unspecified atom stereocenters. The van der Waals surface area contributed by atoms with Crippen LogP contribution in [0, 0.1) is 5.82 Å². The van der Waals surface area contributed by atoms with E-state index in [0.29, 0.717) is 29.3 Å². The van der Waals surface area contributed by atoms with E-state index in [1.807, 2.05) is 37.4 Å². The van der Waals surface area contributed by atoms with Crippen molar-refractivity contribution in [2.45, 2.75) is 12.0 Å². The molecule has 0 saturated carbocycles. The number of likely N-dealkylation sites (N-methyl/N-ethyl adjacent to an activating group) is 1. The maximum absolute atomic E-state index is 14.9. The molecule has 1 aliphatic heterocycles. The molecule has 6 heteroatoms. The highest BCUT2D eigenvalue weighted by Crippen LogP contribution is 2.48. The first-order chi connectivity index (χ1) is 14.0. The number of halogens is 2. The highest BCUT2D eigenvalue weighted by molar-refractivity contribution is 6.34. The summed E-state index contributed by atoms with van der Waals surface area (Å²) in [6.07, 6.45) is 0.468. The summed E-state index contributed by atoms with van der Waals surface area (Å²) < 4.78 is 21.3. The van der Waals surface area contributed by atoms with E-state index in [2.05, 4.69) is 5.32 Å². The Bertz CT molecular complexity index is 1090. The molecule has 1 aliphatic rings. The smallest absolute Gasteiger partial charge is 0.249 e. The summed E-state index contributed by atoms with van der Waals surface area (Å²) in [7, 11) is 1.85. The molecule has 3 aromatic rings. The van der Waals surface area contributed by atoms with Crippen molar-refractivity contribution in [3.63, 3.8) is 0 Å². The third kappa shape index (κ3) is 3.26. The fourth-order valence-corrected chi connectivity index (χ4v) is 4.32. The van der Waals surface area contributed by atoms with Crippen LogP contribution in [0.25, 0.3) is 11.1 Å². The first kappa shape index (κ1) is 19.4. The van der Waals surface area contributed by atoms with Gasteiger partial charge in [-0.25, -0.2) is 4.39 Å². The Balaban J connectivity index is 1.93. The molecule has 148 valence electrons. The molecule has 1 amide bonds. The SMILES string of the molecule is CNC[C@@]1(c2ccccc2)Cc2c(ccc(Cl)c2-c2c(F)cccc2C(N)=O)O1. The number of carbonyl (C=O) groups excluding carboxylic acids is 1. The highest BCUT2D eigenvalue weighted by atomic mass is 35.5. The molecule has 3 N–H and O–H groups in total. The standard InChI is InChI=1S/C23H20ClFN2O2/c1-27-13-23(14-6-3-2-4-7-14)12-16-19(29-23)11-10-17(24)20(16)21-15(22(26)28)8-5-9-18(21)25/h2-11,27H,12-13H2,1H3,(H2,26,28)/t23-/m1/s1. The molecule has 4 rings (SSSR count). The minimum absolute atomic E-state index is 0.0890. The van der Waals surface area contributed by atoms with Crippen LogP contribution in [-0.4, -0.2) is 19.5 Å². The van der Waals surface area contributed by atoms with Crippen LogP contribution in [0.4, 0.5) is 4.39 Å². The first-order valence-corrected chi connectivity index (χ1v) is 9.64. The van der Waals surface area contributed by atoms with Gasteiger partial charge in [0.1, 0.15) is 11.6 Å². The van der Waals surface area contributed by atoms with Gasteiger partial charge in [0.25, 0.3) is 0 Å². The van der Waals surface area contributed by atoms with E-state index >= 15 is 0 Å². The van der Waals surface area contributed by atoms with Crippen LogP contribution >= 0.6 is 11.6 Å². The maximum atomic E-state index is 14.9. The summed E-state index contributed by atoms with van der Waals surface area (Å²) in [4.78, 5) is 12.0. The normalized spacial score (nSPS) is 17.6. The molecule has 0 saturated heterocycles. The topological polar surface area (TPSA) is 64.3 Å². The monoisotopic (exact) mass is 410 g/mol. The minimum Gasteiger partial charge on any atom is -0.481 e. The number of hydrogen-bond acceptors (Lipinski definition) is 3. The molecule has 1 heterocycles. The number of primary amides is 1. The quantitative estimate of drug-likeness (QED) is 0.659. The molecular formula is C23H20ClFN2O2. The van der Waals surface area contributed by atoms with E-state index in [1.165, 1.54) is 18.2 Å². The van der Waals surface area contributed by atoms with Gasteiger partial charge in [-0.1, -0.05) is 48.0 Å². The van der Waals surface area contributed by atoms with Crippen LogP contribution in [0.3, 0.4) is 0 Å². The molecule has 0 aromatic heterocycles. The van der Waals surface area contributed by atoms with Crippen molar-refractivity contribution in [3.8, 4) is 16.9 Å². The fourth-order valence-electron chi connectivity index (χ4n) is 4.05. The molecule has 0 aliphatic carbocycles. The number of rotatable bonds is 5. The van der Waals surface area contributed by atoms with E-state index in [0.717, 1.165) is 11.1 Å². The van der Waals surface area contributed by atoms with Crippen molar-refractivity contribution in [1.82, 2.24) is 5.32 Å². The van der Waals surface area contributed by atoms with Crippen LogP contribution in [0.5, 0.6) is 5.75 Å².